The molecule has 1 aromatic carbocycles. The first kappa shape index (κ1) is 16.0. The molecule has 1 unspecified atom stereocenters. The minimum atomic E-state index is -0.934. The number of halogens is 1. The smallest absolute Gasteiger partial charge is 0.311 e. The highest BCUT2D eigenvalue weighted by molar-refractivity contribution is 6.30. The molecule has 2 aromatic rings. The van der Waals surface area contributed by atoms with Crippen molar-refractivity contribution in [2.24, 2.45) is 0 Å². The Morgan fingerprint density at radius 1 is 1.36 bits per heavy atom. The quantitative estimate of drug-likeness (QED) is 0.856. The number of carbonyl (C=O) groups excluding carboxylic acids is 2. The molecular weight excluding hydrogens is 308 g/mol. The number of hydrogen-bond acceptors (Lipinski definition) is 5. The first-order valence-electron chi connectivity index (χ1n) is 6.62. The summed E-state index contributed by atoms with van der Waals surface area (Å²) in [7, 11) is 0. The number of anilines is 1. The van der Waals surface area contributed by atoms with Crippen LogP contribution in [0, 0.1) is 6.92 Å². The van der Waals surface area contributed by atoms with Crippen LogP contribution in [0.3, 0.4) is 0 Å². The first-order valence-corrected chi connectivity index (χ1v) is 7.00. The molecule has 0 saturated heterocycles. The third-order valence-corrected chi connectivity index (χ3v) is 3.07. The highest BCUT2D eigenvalue weighted by atomic mass is 35.5. The van der Waals surface area contributed by atoms with E-state index in [2.05, 4.69) is 10.5 Å². The molecule has 0 fully saturated rings. The van der Waals surface area contributed by atoms with Gasteiger partial charge in [0.05, 0.1) is 6.42 Å². The van der Waals surface area contributed by atoms with E-state index in [1.165, 1.54) is 6.92 Å². The van der Waals surface area contributed by atoms with Crippen molar-refractivity contribution in [1.82, 2.24) is 5.16 Å². The molecule has 0 aliphatic heterocycles. The zero-order chi connectivity index (χ0) is 16.1. The summed E-state index contributed by atoms with van der Waals surface area (Å²) >= 11 is 5.77. The average molecular weight is 323 g/mol. The topological polar surface area (TPSA) is 81.4 Å². The van der Waals surface area contributed by atoms with Gasteiger partial charge in [-0.3, -0.25) is 9.59 Å². The largest absolute Gasteiger partial charge is 0.452 e. The number of aryl methyl sites for hydroxylation is 1. The number of rotatable bonds is 5. The minimum Gasteiger partial charge on any atom is -0.452 e. The zero-order valence-corrected chi connectivity index (χ0v) is 12.9. The Labute approximate surface area is 132 Å². The predicted octanol–water partition coefficient (Wildman–Crippen LogP) is 2.75. The highest BCUT2D eigenvalue weighted by Gasteiger charge is 2.19. The number of esters is 1. The third-order valence-electron chi connectivity index (χ3n) is 2.82. The fourth-order valence-electron chi connectivity index (χ4n) is 1.71. The fraction of sp³-hybridized carbons (Fsp3) is 0.267. The van der Waals surface area contributed by atoms with E-state index in [-0.39, 0.29) is 12.2 Å². The number of carbonyl (C=O) groups is 2. The summed E-state index contributed by atoms with van der Waals surface area (Å²) in [4.78, 5) is 23.7. The zero-order valence-electron chi connectivity index (χ0n) is 12.1. The van der Waals surface area contributed by atoms with Crippen LogP contribution < -0.4 is 5.32 Å². The first-order chi connectivity index (χ1) is 10.4. The Balaban J connectivity index is 1.85. The summed E-state index contributed by atoms with van der Waals surface area (Å²) in [5.74, 6) is -0.121. The van der Waals surface area contributed by atoms with E-state index < -0.39 is 18.0 Å². The fourth-order valence-corrected chi connectivity index (χ4v) is 1.84. The normalized spacial score (nSPS) is 11.8. The molecule has 116 valence electrons. The minimum absolute atomic E-state index is 0.0673. The highest BCUT2D eigenvalue weighted by Crippen LogP contribution is 2.11. The maximum Gasteiger partial charge on any atom is 0.311 e. The molecule has 0 spiro atoms. The molecule has 1 heterocycles. The van der Waals surface area contributed by atoms with Crippen LogP contribution in [0.15, 0.2) is 34.9 Å². The summed E-state index contributed by atoms with van der Waals surface area (Å²) in [5, 5.41) is 6.72. The lowest BCUT2D eigenvalue weighted by Gasteiger charge is -2.12. The second-order valence-electron chi connectivity index (χ2n) is 4.75. The van der Waals surface area contributed by atoms with Gasteiger partial charge in [0.2, 0.25) is 0 Å². The number of benzene rings is 1. The van der Waals surface area contributed by atoms with Crippen LogP contribution in [0.4, 0.5) is 5.82 Å². The molecule has 2 rings (SSSR count). The number of ether oxygens (including phenoxy) is 1. The van der Waals surface area contributed by atoms with Crippen LogP contribution in [0.5, 0.6) is 0 Å². The molecule has 0 aliphatic rings. The Morgan fingerprint density at radius 3 is 2.64 bits per heavy atom. The van der Waals surface area contributed by atoms with Crippen molar-refractivity contribution in [3.05, 3.63) is 46.7 Å². The van der Waals surface area contributed by atoms with Crippen LogP contribution in [-0.4, -0.2) is 23.1 Å². The second kappa shape index (κ2) is 7.09. The van der Waals surface area contributed by atoms with Gasteiger partial charge < -0.3 is 14.6 Å². The summed E-state index contributed by atoms with van der Waals surface area (Å²) < 4.78 is 9.91. The van der Waals surface area contributed by atoms with Crippen molar-refractivity contribution in [2.45, 2.75) is 26.4 Å². The van der Waals surface area contributed by atoms with E-state index >= 15 is 0 Å². The van der Waals surface area contributed by atoms with Gasteiger partial charge >= 0.3 is 5.97 Å². The summed E-state index contributed by atoms with van der Waals surface area (Å²) in [6.07, 6.45) is -0.866. The van der Waals surface area contributed by atoms with Gasteiger partial charge in [-0.1, -0.05) is 28.9 Å². The lowest BCUT2D eigenvalue weighted by molar-refractivity contribution is -0.152. The maximum atomic E-state index is 11.9. The van der Waals surface area contributed by atoms with Crippen LogP contribution in [0.1, 0.15) is 18.2 Å². The molecule has 0 radical (unpaired) electrons. The van der Waals surface area contributed by atoms with Gasteiger partial charge in [-0.25, -0.2) is 0 Å². The third kappa shape index (κ3) is 4.60. The molecule has 1 aromatic heterocycles. The molecule has 0 aliphatic carbocycles. The van der Waals surface area contributed by atoms with Gasteiger partial charge in [0.25, 0.3) is 5.91 Å². The Morgan fingerprint density at radius 2 is 2.05 bits per heavy atom. The van der Waals surface area contributed by atoms with Gasteiger partial charge in [-0.15, -0.1) is 0 Å². The van der Waals surface area contributed by atoms with Crippen LogP contribution >= 0.6 is 11.6 Å². The molecular formula is C15H15ClN2O4. The lowest BCUT2D eigenvalue weighted by atomic mass is 10.1. The van der Waals surface area contributed by atoms with E-state index in [9.17, 15) is 9.59 Å². The van der Waals surface area contributed by atoms with Crippen LogP contribution in [0.25, 0.3) is 0 Å². The monoisotopic (exact) mass is 322 g/mol. The molecule has 22 heavy (non-hydrogen) atoms. The van der Waals surface area contributed by atoms with E-state index in [4.69, 9.17) is 20.9 Å². The Bertz CT molecular complexity index is 666. The van der Waals surface area contributed by atoms with E-state index in [1.54, 1.807) is 37.3 Å². The summed E-state index contributed by atoms with van der Waals surface area (Å²) in [6, 6.07) is 8.40. The molecule has 7 heteroatoms. The average Bonchev–Trinajstić information content (AvgIpc) is 2.86. The Kier molecular flexibility index (Phi) is 5.16. The number of nitrogens with one attached hydrogen (secondary N) is 1. The molecule has 1 N–H and O–H groups in total. The van der Waals surface area contributed by atoms with Crippen molar-refractivity contribution >= 4 is 29.3 Å². The van der Waals surface area contributed by atoms with Crippen molar-refractivity contribution < 1.29 is 18.8 Å². The van der Waals surface area contributed by atoms with Gasteiger partial charge in [0, 0.05) is 11.1 Å². The van der Waals surface area contributed by atoms with Crippen molar-refractivity contribution in [3.63, 3.8) is 0 Å². The molecule has 1 atom stereocenters. The predicted molar refractivity (Wildman–Crippen MR) is 80.6 cm³/mol. The van der Waals surface area contributed by atoms with Crippen LogP contribution in [-0.2, 0) is 20.7 Å². The van der Waals surface area contributed by atoms with Crippen LogP contribution in [0.2, 0.25) is 5.02 Å². The van der Waals surface area contributed by atoms with Gasteiger partial charge in [0.1, 0.15) is 5.76 Å². The number of hydrogen-bond donors (Lipinski definition) is 1. The standard InChI is InChI=1S/C15H15ClN2O4/c1-9-7-13(18-22-9)17-15(20)10(2)21-14(19)8-11-3-5-12(16)6-4-11/h3-7,10H,8H2,1-2H3,(H,17,18,20). The number of aromatic nitrogens is 1. The van der Waals surface area contributed by atoms with E-state index in [0.717, 1.165) is 5.56 Å². The van der Waals surface area contributed by atoms with E-state index in [1.807, 2.05) is 0 Å². The second-order valence-corrected chi connectivity index (χ2v) is 5.18. The van der Waals surface area contributed by atoms with E-state index in [0.29, 0.717) is 10.8 Å². The maximum absolute atomic E-state index is 11.9. The van der Waals surface area contributed by atoms with Crippen molar-refractivity contribution in [1.29, 1.82) is 0 Å². The van der Waals surface area contributed by atoms with Gasteiger partial charge in [-0.05, 0) is 31.5 Å². The SMILES string of the molecule is Cc1cc(NC(=O)C(C)OC(=O)Cc2ccc(Cl)cc2)no1. The van der Waals surface area contributed by atoms with Crippen molar-refractivity contribution in [2.75, 3.05) is 5.32 Å². The number of amides is 1. The number of nitrogens with zero attached hydrogens (tertiary/aromatic N) is 1. The Hall–Kier alpha value is -2.34. The van der Waals surface area contributed by atoms with Gasteiger partial charge in [-0.2, -0.15) is 0 Å². The van der Waals surface area contributed by atoms with Gasteiger partial charge in [0.15, 0.2) is 11.9 Å². The molecule has 6 nitrogen and oxygen atoms in total. The molecule has 0 bridgehead atoms. The van der Waals surface area contributed by atoms with Crippen molar-refractivity contribution in [3.8, 4) is 0 Å². The summed E-state index contributed by atoms with van der Waals surface area (Å²) in [5.41, 5.74) is 0.758. The molecule has 1 amide bonds. The molecule has 0 saturated carbocycles. The lowest BCUT2D eigenvalue weighted by Crippen LogP contribution is -2.30. The summed E-state index contributed by atoms with van der Waals surface area (Å²) in [6.45, 7) is 3.19.